The fourth-order valence-electron chi connectivity index (χ4n) is 2.53. The molecule has 0 aliphatic heterocycles. The monoisotopic (exact) mass is 229 g/mol. The molecule has 0 bridgehead atoms. The number of aromatic nitrogens is 1. The van der Waals surface area contributed by atoms with Crippen molar-refractivity contribution in [3.05, 3.63) is 36.0 Å². The molecule has 17 heavy (non-hydrogen) atoms. The average Bonchev–Trinajstić information content (AvgIpc) is 3.04. The maximum Gasteiger partial charge on any atom is 0.0553 e. The van der Waals surface area contributed by atoms with Crippen molar-refractivity contribution in [3.8, 4) is 0 Å². The number of para-hydroxylation sites is 1. The first kappa shape index (κ1) is 10.8. The van der Waals surface area contributed by atoms with Crippen molar-refractivity contribution in [3.63, 3.8) is 0 Å². The minimum atomic E-state index is -0.268. The van der Waals surface area contributed by atoms with Crippen LogP contribution in [0.5, 0.6) is 0 Å². The fourth-order valence-corrected chi connectivity index (χ4v) is 2.53. The molecule has 1 aromatic heterocycles. The van der Waals surface area contributed by atoms with Crippen LogP contribution >= 0.6 is 0 Å². The summed E-state index contributed by atoms with van der Waals surface area (Å²) in [6.45, 7) is 2.99. The van der Waals surface area contributed by atoms with Gasteiger partial charge in [0.1, 0.15) is 0 Å². The molecule has 2 aromatic rings. The molecule has 1 saturated carbocycles. The Morgan fingerprint density at radius 2 is 2.12 bits per heavy atom. The quantitative estimate of drug-likeness (QED) is 0.856. The van der Waals surface area contributed by atoms with Crippen LogP contribution < -0.4 is 0 Å². The highest BCUT2D eigenvalue weighted by Crippen LogP contribution is 2.33. The molecule has 90 valence electrons. The van der Waals surface area contributed by atoms with Gasteiger partial charge in [0.05, 0.1) is 6.10 Å². The van der Waals surface area contributed by atoms with Gasteiger partial charge in [0.25, 0.3) is 0 Å². The van der Waals surface area contributed by atoms with E-state index in [9.17, 15) is 5.11 Å². The highest BCUT2D eigenvalue weighted by Gasteiger charge is 2.22. The molecule has 1 unspecified atom stereocenters. The van der Waals surface area contributed by atoms with Crippen LogP contribution in [-0.2, 0) is 13.0 Å². The second-order valence-electron chi connectivity index (χ2n) is 5.32. The van der Waals surface area contributed by atoms with Crippen molar-refractivity contribution < 1.29 is 5.11 Å². The van der Waals surface area contributed by atoms with Crippen LogP contribution in [0.4, 0.5) is 0 Å². The van der Waals surface area contributed by atoms with E-state index in [4.69, 9.17) is 0 Å². The summed E-state index contributed by atoms with van der Waals surface area (Å²) < 4.78 is 2.37. The van der Waals surface area contributed by atoms with Gasteiger partial charge in [0.15, 0.2) is 0 Å². The number of hydrogen-bond acceptors (Lipinski definition) is 1. The Labute approximate surface area is 102 Å². The number of benzene rings is 1. The summed E-state index contributed by atoms with van der Waals surface area (Å²) in [6, 6.07) is 8.52. The van der Waals surface area contributed by atoms with Gasteiger partial charge in [-0.05, 0) is 37.3 Å². The SMILES string of the molecule is CC(O)Cc1cn(CC2CC2)c2ccccc12. The third kappa shape index (κ3) is 2.22. The summed E-state index contributed by atoms with van der Waals surface area (Å²) in [6.07, 6.45) is 5.46. The first-order valence-corrected chi connectivity index (χ1v) is 6.49. The van der Waals surface area contributed by atoms with Gasteiger partial charge in [-0.3, -0.25) is 0 Å². The smallest absolute Gasteiger partial charge is 0.0553 e. The maximum absolute atomic E-state index is 9.56. The molecule has 1 aliphatic rings. The van der Waals surface area contributed by atoms with Crippen LogP contribution in [0.1, 0.15) is 25.3 Å². The molecule has 1 atom stereocenters. The van der Waals surface area contributed by atoms with Crippen molar-refractivity contribution in [2.24, 2.45) is 5.92 Å². The molecule has 1 aliphatic carbocycles. The lowest BCUT2D eigenvalue weighted by molar-refractivity contribution is 0.196. The molecule has 2 heteroatoms. The van der Waals surface area contributed by atoms with E-state index in [1.807, 2.05) is 6.92 Å². The molecular weight excluding hydrogens is 210 g/mol. The largest absolute Gasteiger partial charge is 0.393 e. The Kier molecular flexibility index (Phi) is 2.67. The lowest BCUT2D eigenvalue weighted by atomic mass is 10.1. The van der Waals surface area contributed by atoms with Gasteiger partial charge in [-0.1, -0.05) is 18.2 Å². The third-order valence-corrected chi connectivity index (χ3v) is 3.54. The van der Waals surface area contributed by atoms with E-state index in [0.717, 1.165) is 18.9 Å². The number of hydrogen-bond donors (Lipinski definition) is 1. The molecule has 2 nitrogen and oxygen atoms in total. The highest BCUT2D eigenvalue weighted by atomic mass is 16.3. The first-order valence-electron chi connectivity index (χ1n) is 6.49. The van der Waals surface area contributed by atoms with Crippen molar-refractivity contribution in [1.29, 1.82) is 0 Å². The minimum Gasteiger partial charge on any atom is -0.393 e. The Hall–Kier alpha value is -1.28. The second kappa shape index (κ2) is 4.19. The normalized spacial score (nSPS) is 17.5. The predicted octanol–water partition coefficient (Wildman–Crippen LogP) is 2.97. The number of nitrogens with zero attached hydrogens (tertiary/aromatic N) is 1. The standard InChI is InChI=1S/C15H19NO/c1-11(17)8-13-10-16(9-12-6-7-12)15-5-3-2-4-14(13)15/h2-5,10-12,17H,6-9H2,1H3. The van der Waals surface area contributed by atoms with Crippen molar-refractivity contribution in [2.75, 3.05) is 0 Å². The van der Waals surface area contributed by atoms with E-state index in [2.05, 4.69) is 35.0 Å². The van der Waals surface area contributed by atoms with Gasteiger partial charge in [-0.2, -0.15) is 0 Å². The zero-order valence-corrected chi connectivity index (χ0v) is 10.3. The van der Waals surface area contributed by atoms with Crippen molar-refractivity contribution >= 4 is 10.9 Å². The zero-order chi connectivity index (χ0) is 11.8. The molecular formula is C15H19NO. The summed E-state index contributed by atoms with van der Waals surface area (Å²) in [5, 5.41) is 10.9. The first-order chi connectivity index (χ1) is 8.24. The van der Waals surface area contributed by atoms with Gasteiger partial charge in [0.2, 0.25) is 0 Å². The minimum absolute atomic E-state index is 0.268. The Morgan fingerprint density at radius 3 is 2.82 bits per heavy atom. The third-order valence-electron chi connectivity index (χ3n) is 3.54. The van der Waals surface area contributed by atoms with Crippen LogP contribution in [-0.4, -0.2) is 15.8 Å². The van der Waals surface area contributed by atoms with Crippen LogP contribution in [0.2, 0.25) is 0 Å². The molecule has 3 rings (SSSR count). The second-order valence-corrected chi connectivity index (χ2v) is 5.32. The molecule has 0 spiro atoms. The van der Waals surface area contributed by atoms with E-state index < -0.39 is 0 Å². The summed E-state index contributed by atoms with van der Waals surface area (Å²) in [5.74, 6) is 0.880. The molecule has 0 amide bonds. The Balaban J connectivity index is 2.02. The topological polar surface area (TPSA) is 25.2 Å². The molecule has 1 N–H and O–H groups in total. The maximum atomic E-state index is 9.56. The van der Waals surface area contributed by atoms with Gasteiger partial charge in [-0.15, -0.1) is 0 Å². The van der Waals surface area contributed by atoms with Crippen LogP contribution in [0.25, 0.3) is 10.9 Å². The fraction of sp³-hybridized carbons (Fsp3) is 0.467. The van der Waals surface area contributed by atoms with Crippen molar-refractivity contribution in [2.45, 2.75) is 38.8 Å². The number of aliphatic hydroxyl groups is 1. The van der Waals surface area contributed by atoms with Crippen LogP contribution in [0.3, 0.4) is 0 Å². The van der Waals surface area contributed by atoms with Crippen molar-refractivity contribution in [1.82, 2.24) is 4.57 Å². The van der Waals surface area contributed by atoms with E-state index in [1.165, 1.54) is 29.3 Å². The van der Waals surface area contributed by atoms with Gasteiger partial charge >= 0.3 is 0 Å². The molecule has 0 radical (unpaired) electrons. The summed E-state index contributed by atoms with van der Waals surface area (Å²) >= 11 is 0. The molecule has 0 saturated heterocycles. The lowest BCUT2D eigenvalue weighted by Crippen LogP contribution is -2.03. The Bertz CT molecular complexity index is 485. The Morgan fingerprint density at radius 1 is 1.35 bits per heavy atom. The number of rotatable bonds is 4. The van der Waals surface area contributed by atoms with Gasteiger partial charge in [-0.25, -0.2) is 0 Å². The van der Waals surface area contributed by atoms with E-state index in [0.29, 0.717) is 0 Å². The van der Waals surface area contributed by atoms with E-state index >= 15 is 0 Å². The lowest BCUT2D eigenvalue weighted by Gasteiger charge is -2.02. The van der Waals surface area contributed by atoms with Gasteiger partial charge in [0, 0.05) is 30.1 Å². The highest BCUT2D eigenvalue weighted by molar-refractivity contribution is 5.84. The van der Waals surface area contributed by atoms with Crippen LogP contribution in [0, 0.1) is 5.92 Å². The summed E-state index contributed by atoms with van der Waals surface area (Å²) in [4.78, 5) is 0. The predicted molar refractivity (Wildman–Crippen MR) is 70.0 cm³/mol. The number of fused-ring (bicyclic) bond motifs is 1. The molecule has 1 aromatic carbocycles. The van der Waals surface area contributed by atoms with Gasteiger partial charge < -0.3 is 9.67 Å². The average molecular weight is 229 g/mol. The number of aliphatic hydroxyl groups excluding tert-OH is 1. The molecule has 1 heterocycles. The van der Waals surface area contributed by atoms with E-state index in [-0.39, 0.29) is 6.10 Å². The van der Waals surface area contributed by atoms with Crippen LogP contribution in [0.15, 0.2) is 30.5 Å². The summed E-state index contributed by atoms with van der Waals surface area (Å²) in [5.41, 5.74) is 2.59. The summed E-state index contributed by atoms with van der Waals surface area (Å²) in [7, 11) is 0. The zero-order valence-electron chi connectivity index (χ0n) is 10.3. The molecule has 1 fully saturated rings. The van der Waals surface area contributed by atoms with E-state index in [1.54, 1.807) is 0 Å².